The molecule has 2 aliphatic rings. The van der Waals surface area contributed by atoms with Gasteiger partial charge in [-0.15, -0.1) is 0 Å². The van der Waals surface area contributed by atoms with Gasteiger partial charge in [0.15, 0.2) is 0 Å². The summed E-state index contributed by atoms with van der Waals surface area (Å²) in [5, 5.41) is 10.7. The van der Waals surface area contributed by atoms with E-state index in [0.29, 0.717) is 5.92 Å². The van der Waals surface area contributed by atoms with E-state index in [0.717, 1.165) is 5.75 Å². The fraction of sp³-hybridized carbons (Fsp3) is 1.00. The van der Waals surface area contributed by atoms with Crippen LogP contribution in [0.2, 0.25) is 0 Å². The topological polar surface area (TPSA) is 20.2 Å². The number of hydrogen-bond donors (Lipinski definition) is 1. The molecule has 1 nitrogen and oxygen atoms in total. The van der Waals surface area contributed by atoms with Gasteiger partial charge in [-0.05, 0) is 36.3 Å². The molecule has 0 spiro atoms. The summed E-state index contributed by atoms with van der Waals surface area (Å²) in [5.74, 6) is 2.78. The minimum absolute atomic E-state index is 0.142. The zero-order valence-corrected chi connectivity index (χ0v) is 9.49. The highest BCUT2D eigenvalue weighted by Crippen LogP contribution is 2.51. The van der Waals surface area contributed by atoms with Gasteiger partial charge in [0.1, 0.15) is 0 Å². The molecule has 0 aromatic heterocycles. The summed E-state index contributed by atoms with van der Waals surface area (Å²) in [6, 6.07) is 0. The van der Waals surface area contributed by atoms with E-state index in [4.69, 9.17) is 0 Å². The Morgan fingerprint density at radius 3 is 2.46 bits per heavy atom. The minimum Gasteiger partial charge on any atom is -0.388 e. The molecule has 2 heteroatoms. The Morgan fingerprint density at radius 2 is 2.00 bits per heavy atom. The molecule has 1 N–H and O–H groups in total. The second-order valence-corrected chi connectivity index (χ2v) is 6.34. The van der Waals surface area contributed by atoms with Gasteiger partial charge in [0, 0.05) is 5.75 Å². The van der Waals surface area contributed by atoms with Crippen molar-refractivity contribution in [3.8, 4) is 0 Å². The molecule has 1 atom stereocenters. The van der Waals surface area contributed by atoms with E-state index in [1.165, 1.54) is 31.4 Å². The first kappa shape index (κ1) is 9.85. The van der Waals surface area contributed by atoms with Crippen molar-refractivity contribution < 1.29 is 5.11 Å². The maximum absolute atomic E-state index is 10.7. The van der Waals surface area contributed by atoms with Crippen LogP contribution in [-0.4, -0.2) is 22.2 Å². The SMILES string of the molecule is CC1(C)CCSCC1(O)C1CCC1. The lowest BCUT2D eigenvalue weighted by Gasteiger charge is -2.53. The highest BCUT2D eigenvalue weighted by molar-refractivity contribution is 7.99. The first-order chi connectivity index (χ1) is 6.06. The maximum Gasteiger partial charge on any atom is 0.0816 e. The van der Waals surface area contributed by atoms with Crippen molar-refractivity contribution in [3.05, 3.63) is 0 Å². The van der Waals surface area contributed by atoms with Crippen LogP contribution in [0.1, 0.15) is 39.5 Å². The molecule has 0 aromatic carbocycles. The van der Waals surface area contributed by atoms with Crippen molar-refractivity contribution in [2.45, 2.75) is 45.1 Å². The van der Waals surface area contributed by atoms with Crippen molar-refractivity contribution in [3.63, 3.8) is 0 Å². The molecule has 0 amide bonds. The molecule has 1 aliphatic heterocycles. The monoisotopic (exact) mass is 200 g/mol. The molecule has 1 heterocycles. The quantitative estimate of drug-likeness (QED) is 0.702. The second-order valence-electron chi connectivity index (χ2n) is 5.24. The van der Waals surface area contributed by atoms with Crippen molar-refractivity contribution in [2.75, 3.05) is 11.5 Å². The van der Waals surface area contributed by atoms with Gasteiger partial charge < -0.3 is 5.11 Å². The van der Waals surface area contributed by atoms with Crippen molar-refractivity contribution >= 4 is 11.8 Å². The normalized spacial score (nSPS) is 39.9. The molecule has 13 heavy (non-hydrogen) atoms. The zero-order valence-electron chi connectivity index (χ0n) is 8.68. The molecule has 0 radical (unpaired) electrons. The number of thioether (sulfide) groups is 1. The van der Waals surface area contributed by atoms with Gasteiger partial charge in [-0.2, -0.15) is 11.8 Å². The van der Waals surface area contributed by atoms with Crippen LogP contribution in [0.4, 0.5) is 0 Å². The predicted octanol–water partition coefficient (Wildman–Crippen LogP) is 2.68. The Labute approximate surface area is 85.3 Å². The van der Waals surface area contributed by atoms with Gasteiger partial charge in [0.25, 0.3) is 0 Å². The van der Waals surface area contributed by atoms with Crippen LogP contribution in [0.15, 0.2) is 0 Å². The van der Waals surface area contributed by atoms with Crippen LogP contribution in [0.5, 0.6) is 0 Å². The average molecular weight is 200 g/mol. The standard InChI is InChI=1S/C11H20OS/c1-10(2)6-7-13-8-11(10,12)9-4-3-5-9/h9,12H,3-8H2,1-2H3. The molecule has 76 valence electrons. The Kier molecular flexibility index (Phi) is 2.40. The third kappa shape index (κ3) is 1.42. The summed E-state index contributed by atoms with van der Waals surface area (Å²) in [4.78, 5) is 0. The summed E-state index contributed by atoms with van der Waals surface area (Å²) in [6.45, 7) is 4.48. The fourth-order valence-corrected chi connectivity index (χ4v) is 4.26. The molecule has 2 fully saturated rings. The van der Waals surface area contributed by atoms with Crippen LogP contribution in [0, 0.1) is 11.3 Å². The Balaban J connectivity index is 2.16. The lowest BCUT2D eigenvalue weighted by molar-refractivity contribution is -0.120. The molecule has 1 saturated heterocycles. The van der Waals surface area contributed by atoms with E-state index in [1.54, 1.807) is 0 Å². The third-order valence-corrected chi connectivity index (χ3v) is 5.28. The largest absolute Gasteiger partial charge is 0.388 e. The third-order valence-electron chi connectivity index (χ3n) is 4.15. The van der Waals surface area contributed by atoms with Gasteiger partial charge in [0.05, 0.1) is 5.60 Å². The van der Waals surface area contributed by atoms with E-state index in [1.807, 2.05) is 11.8 Å². The van der Waals surface area contributed by atoms with Crippen LogP contribution >= 0.6 is 11.8 Å². The van der Waals surface area contributed by atoms with Gasteiger partial charge in [0.2, 0.25) is 0 Å². The predicted molar refractivity (Wildman–Crippen MR) is 58.0 cm³/mol. The van der Waals surface area contributed by atoms with E-state index in [2.05, 4.69) is 13.8 Å². The summed E-state index contributed by atoms with van der Waals surface area (Å²) in [7, 11) is 0. The first-order valence-electron chi connectivity index (χ1n) is 5.36. The number of rotatable bonds is 1. The van der Waals surface area contributed by atoms with E-state index in [9.17, 15) is 5.11 Å². The Morgan fingerprint density at radius 1 is 1.31 bits per heavy atom. The molecule has 1 aliphatic carbocycles. The Bertz CT molecular complexity index is 198. The molecule has 1 saturated carbocycles. The van der Waals surface area contributed by atoms with Crippen molar-refractivity contribution in [1.82, 2.24) is 0 Å². The van der Waals surface area contributed by atoms with Crippen molar-refractivity contribution in [1.29, 1.82) is 0 Å². The van der Waals surface area contributed by atoms with Crippen LogP contribution in [0.25, 0.3) is 0 Å². The number of aliphatic hydroxyl groups is 1. The van der Waals surface area contributed by atoms with E-state index in [-0.39, 0.29) is 11.0 Å². The highest BCUT2D eigenvalue weighted by atomic mass is 32.2. The van der Waals surface area contributed by atoms with Crippen LogP contribution < -0.4 is 0 Å². The van der Waals surface area contributed by atoms with Gasteiger partial charge in [-0.3, -0.25) is 0 Å². The van der Waals surface area contributed by atoms with Gasteiger partial charge >= 0.3 is 0 Å². The minimum atomic E-state index is -0.367. The highest BCUT2D eigenvalue weighted by Gasteiger charge is 2.52. The maximum atomic E-state index is 10.7. The van der Waals surface area contributed by atoms with Gasteiger partial charge in [-0.1, -0.05) is 20.3 Å². The summed E-state index contributed by atoms with van der Waals surface area (Å²) in [5.41, 5.74) is -0.225. The Hall–Kier alpha value is 0.310. The number of hydrogen-bond acceptors (Lipinski definition) is 2. The molecular weight excluding hydrogens is 180 g/mol. The smallest absolute Gasteiger partial charge is 0.0816 e. The molecule has 2 rings (SSSR count). The lowest BCUT2D eigenvalue weighted by Crippen LogP contribution is -2.57. The molecular formula is C11H20OS. The van der Waals surface area contributed by atoms with Crippen LogP contribution in [0.3, 0.4) is 0 Å². The summed E-state index contributed by atoms with van der Waals surface area (Å²) >= 11 is 1.93. The van der Waals surface area contributed by atoms with Crippen LogP contribution in [-0.2, 0) is 0 Å². The van der Waals surface area contributed by atoms with E-state index < -0.39 is 0 Å². The lowest BCUT2D eigenvalue weighted by atomic mass is 9.61. The molecule has 1 unspecified atom stereocenters. The summed E-state index contributed by atoms with van der Waals surface area (Å²) in [6.07, 6.45) is 5.00. The first-order valence-corrected chi connectivity index (χ1v) is 6.52. The summed E-state index contributed by atoms with van der Waals surface area (Å²) < 4.78 is 0. The molecule has 0 bridgehead atoms. The molecule has 0 aromatic rings. The van der Waals surface area contributed by atoms with Gasteiger partial charge in [-0.25, -0.2) is 0 Å². The average Bonchev–Trinajstić information content (AvgIpc) is 1.92. The zero-order chi connectivity index (χ0) is 9.53. The van der Waals surface area contributed by atoms with Crippen molar-refractivity contribution in [2.24, 2.45) is 11.3 Å². The fourth-order valence-electron chi connectivity index (χ4n) is 2.52. The second kappa shape index (κ2) is 3.16. The van der Waals surface area contributed by atoms with E-state index >= 15 is 0 Å².